The van der Waals surface area contributed by atoms with Gasteiger partial charge in [0, 0.05) is 0 Å². The Morgan fingerprint density at radius 3 is 0.851 bits per heavy atom. The summed E-state index contributed by atoms with van der Waals surface area (Å²) < 4.78 is 9.59. The van der Waals surface area contributed by atoms with Crippen LogP contribution < -0.4 is 4.74 Å². The summed E-state index contributed by atoms with van der Waals surface area (Å²) in [5, 5.41) is 0. The summed E-state index contributed by atoms with van der Waals surface area (Å²) >= 11 is 5.22. The minimum atomic E-state index is -0.0213. The van der Waals surface area contributed by atoms with Gasteiger partial charge in [-0.1, -0.05) is 151 Å². The van der Waals surface area contributed by atoms with E-state index >= 15 is 0 Å². The van der Waals surface area contributed by atoms with Gasteiger partial charge in [0.25, 0.3) is 0 Å². The molecule has 47 heavy (non-hydrogen) atoms. The van der Waals surface area contributed by atoms with Crippen LogP contribution in [0.5, 0.6) is 11.5 Å². The van der Waals surface area contributed by atoms with E-state index in [1.807, 2.05) is 0 Å². The predicted molar refractivity (Wildman–Crippen MR) is 227 cm³/mol. The monoisotopic (exact) mass is 870 g/mol. The second kappa shape index (κ2) is 14.0. The number of rotatable bonds is 10. The lowest BCUT2D eigenvalue weighted by atomic mass is 9.65. The molecule has 0 fully saturated rings. The third kappa shape index (κ3) is 11.9. The van der Waals surface area contributed by atoms with Crippen LogP contribution in [0.2, 0.25) is 0 Å². The number of benzene rings is 2. The van der Waals surface area contributed by atoms with Crippen LogP contribution in [0.4, 0.5) is 0 Å². The zero-order valence-electron chi connectivity index (χ0n) is 34.3. The molecule has 0 amide bonds. The van der Waals surface area contributed by atoms with Gasteiger partial charge in [-0.15, -0.1) is 0 Å². The molecule has 3 heteroatoms. The molecule has 0 N–H and O–H groups in total. The van der Waals surface area contributed by atoms with Crippen molar-refractivity contribution in [1.29, 1.82) is 0 Å². The molecule has 0 aliphatic heterocycles. The molecule has 268 valence electrons. The highest BCUT2D eigenvalue weighted by molar-refractivity contribution is 14.1. The molecule has 0 aliphatic carbocycles. The van der Waals surface area contributed by atoms with Gasteiger partial charge in [-0.25, -0.2) is 0 Å². The first-order chi connectivity index (χ1) is 20.6. The molecule has 2 rings (SSSR count). The van der Waals surface area contributed by atoms with Crippen molar-refractivity contribution in [3.05, 3.63) is 53.7 Å². The predicted octanol–water partition coefficient (Wildman–Crippen LogP) is 15.5. The summed E-state index contributed by atoms with van der Waals surface area (Å²) in [5.41, 5.74) is 6.69. The highest BCUT2D eigenvalue weighted by Gasteiger charge is 2.40. The van der Waals surface area contributed by atoms with Crippen LogP contribution in [0.25, 0.3) is 0 Å². The second-order valence-corrected chi connectivity index (χ2v) is 24.3. The van der Waals surface area contributed by atoms with E-state index in [1.54, 1.807) is 0 Å². The lowest BCUT2D eigenvalue weighted by molar-refractivity contribution is 0.262. The van der Waals surface area contributed by atoms with Gasteiger partial charge in [-0.05, 0) is 149 Å². The van der Waals surface area contributed by atoms with E-state index in [0.29, 0.717) is 0 Å². The van der Waals surface area contributed by atoms with E-state index in [4.69, 9.17) is 4.74 Å². The third-order valence-electron chi connectivity index (χ3n) is 9.13. The van der Waals surface area contributed by atoms with Crippen molar-refractivity contribution >= 4 is 45.2 Å². The molecule has 0 bridgehead atoms. The molecular weight excluding hydrogens is 798 g/mol. The summed E-state index contributed by atoms with van der Waals surface area (Å²) in [4.78, 5) is 0. The Bertz CT molecular complexity index is 1290. The molecule has 0 unspecified atom stereocenters. The smallest absolute Gasteiger partial charge is 0.141 e. The average molecular weight is 871 g/mol. The zero-order chi connectivity index (χ0) is 37.0. The van der Waals surface area contributed by atoms with Gasteiger partial charge in [0.15, 0.2) is 0 Å². The molecule has 0 aliphatic rings. The van der Waals surface area contributed by atoms with Gasteiger partial charge in [-0.2, -0.15) is 0 Å². The van der Waals surface area contributed by atoms with Gasteiger partial charge in [0.05, 0.1) is 7.14 Å². The summed E-state index contributed by atoms with van der Waals surface area (Å²) in [6.45, 7) is 47.9. The van der Waals surface area contributed by atoms with E-state index in [-0.39, 0.29) is 43.3 Å². The van der Waals surface area contributed by atoms with E-state index < -0.39 is 0 Å². The summed E-state index contributed by atoms with van der Waals surface area (Å²) in [6, 6.07) is 9.29. The quantitative estimate of drug-likeness (QED) is 0.216. The molecule has 1 nitrogen and oxygen atoms in total. The van der Waals surface area contributed by atoms with Crippen molar-refractivity contribution in [1.82, 2.24) is 0 Å². The second-order valence-electron chi connectivity index (χ2n) is 22.2. The van der Waals surface area contributed by atoms with Crippen molar-refractivity contribution in [3.8, 4) is 11.5 Å². The van der Waals surface area contributed by atoms with Crippen LogP contribution in [-0.4, -0.2) is 0 Å². The van der Waals surface area contributed by atoms with Gasteiger partial charge < -0.3 is 4.74 Å². The fourth-order valence-electron chi connectivity index (χ4n) is 9.51. The number of halogens is 2. The maximum atomic E-state index is 7.09. The van der Waals surface area contributed by atoms with Crippen molar-refractivity contribution in [2.45, 2.75) is 186 Å². The largest absolute Gasteiger partial charge is 0.455 e. The summed E-state index contributed by atoms with van der Waals surface area (Å²) in [6.07, 6.45) is 4.42. The number of hydrogen-bond acceptors (Lipinski definition) is 1. The molecule has 2 aromatic rings. The molecular formula is C44H72I2O. The van der Waals surface area contributed by atoms with Gasteiger partial charge in [0.2, 0.25) is 0 Å². The zero-order valence-corrected chi connectivity index (χ0v) is 38.6. The first-order valence-electron chi connectivity index (χ1n) is 17.9. The lowest BCUT2D eigenvalue weighted by Crippen LogP contribution is -2.33. The SMILES string of the molecule is CC(C)(C)CC(C)(C)c1ccc(Oc2ccc(C(C)(C)CC(C)(C)C)c(C(C)(C)CC(C)(C)C)c2I)c(I)c1C(C)(C)CC(C)(C)C. The van der Waals surface area contributed by atoms with Gasteiger partial charge in [-0.3, -0.25) is 0 Å². The van der Waals surface area contributed by atoms with E-state index in [2.05, 4.69) is 208 Å². The van der Waals surface area contributed by atoms with Crippen LogP contribution in [-0.2, 0) is 21.7 Å². The standard InChI is InChI=1S/C44H72I2O/c1-37(2,3)25-41(13,14)29-21-23-31(35(45)33(29)43(17,18)27-39(7,8)9)47-32-24-22-30(42(15,16)26-38(4,5)6)34(36(32)46)44(19,20)28-40(10,11)12/h21-24H,25-28H2,1-20H3. The van der Waals surface area contributed by atoms with Crippen LogP contribution in [0.3, 0.4) is 0 Å². The fraction of sp³-hybridized carbons (Fsp3) is 0.727. The highest BCUT2D eigenvalue weighted by Crippen LogP contribution is 2.51. The minimum Gasteiger partial charge on any atom is -0.455 e. The van der Waals surface area contributed by atoms with Crippen molar-refractivity contribution in [2.24, 2.45) is 21.7 Å². The average Bonchev–Trinajstić information content (AvgIpc) is 2.74. The van der Waals surface area contributed by atoms with Crippen LogP contribution in [0.15, 0.2) is 24.3 Å². The Hall–Kier alpha value is -0.300. The lowest BCUT2D eigenvalue weighted by Gasteiger charge is -2.41. The van der Waals surface area contributed by atoms with Crippen LogP contribution in [0, 0.1) is 28.8 Å². The Morgan fingerprint density at radius 1 is 0.383 bits per heavy atom. The number of hydrogen-bond donors (Lipinski definition) is 0. The minimum absolute atomic E-state index is 0.0213. The van der Waals surface area contributed by atoms with E-state index in [1.165, 1.54) is 29.4 Å². The molecule has 0 heterocycles. The van der Waals surface area contributed by atoms with Gasteiger partial charge in [0.1, 0.15) is 11.5 Å². The molecule has 0 saturated carbocycles. The molecule has 0 aromatic heterocycles. The Balaban J connectivity index is 2.91. The Labute approximate surface area is 320 Å². The van der Waals surface area contributed by atoms with Gasteiger partial charge >= 0.3 is 0 Å². The van der Waals surface area contributed by atoms with E-state index in [9.17, 15) is 0 Å². The van der Waals surface area contributed by atoms with E-state index in [0.717, 1.165) is 37.2 Å². The maximum Gasteiger partial charge on any atom is 0.141 e. The van der Waals surface area contributed by atoms with Crippen LogP contribution >= 0.6 is 45.2 Å². The first-order valence-corrected chi connectivity index (χ1v) is 20.1. The summed E-state index contributed by atoms with van der Waals surface area (Å²) in [7, 11) is 0. The number of ether oxygens (including phenoxy) is 1. The van der Waals surface area contributed by atoms with Crippen molar-refractivity contribution in [2.75, 3.05) is 0 Å². The molecule has 0 spiro atoms. The highest BCUT2D eigenvalue weighted by atomic mass is 127. The Kier molecular flexibility index (Phi) is 12.8. The van der Waals surface area contributed by atoms with Crippen molar-refractivity contribution < 1.29 is 4.74 Å². The Morgan fingerprint density at radius 2 is 0.617 bits per heavy atom. The third-order valence-corrected chi connectivity index (χ3v) is 11.3. The summed E-state index contributed by atoms with van der Waals surface area (Å²) in [5.74, 6) is 1.94. The molecule has 0 atom stereocenters. The van der Waals surface area contributed by atoms with Crippen molar-refractivity contribution in [3.63, 3.8) is 0 Å². The first kappa shape index (κ1) is 42.9. The fourth-order valence-corrected chi connectivity index (χ4v) is 12.1. The molecule has 0 saturated heterocycles. The maximum absolute atomic E-state index is 7.09. The molecule has 0 radical (unpaired) electrons. The normalized spacial score (nSPS) is 14.5. The van der Waals surface area contributed by atoms with Crippen LogP contribution in [0.1, 0.15) is 186 Å². The molecule has 2 aromatic carbocycles. The topological polar surface area (TPSA) is 9.23 Å².